The minimum atomic E-state index is 0.634. The Kier molecular flexibility index (Phi) is 5.08. The van der Waals surface area contributed by atoms with E-state index in [1.807, 2.05) is 13.1 Å². The third kappa shape index (κ3) is 3.62. The number of hydrogen-bond acceptors (Lipinski definition) is 3. The summed E-state index contributed by atoms with van der Waals surface area (Å²) in [6, 6.07) is 6.85. The van der Waals surface area contributed by atoms with E-state index < -0.39 is 0 Å². The molecule has 3 nitrogen and oxygen atoms in total. The van der Waals surface area contributed by atoms with Gasteiger partial charge in [0, 0.05) is 36.4 Å². The summed E-state index contributed by atoms with van der Waals surface area (Å²) >= 11 is 6.18. The van der Waals surface area contributed by atoms with Crippen LogP contribution >= 0.6 is 11.6 Å². The molecule has 1 aromatic carbocycles. The number of nitrogens with zero attached hydrogens (tertiary/aromatic N) is 2. The lowest BCUT2D eigenvalue weighted by atomic mass is 10.0. The first-order chi connectivity index (χ1) is 9.11. The highest BCUT2D eigenvalue weighted by molar-refractivity contribution is 6.30. The van der Waals surface area contributed by atoms with Crippen LogP contribution < -0.4 is 10.2 Å². The lowest BCUT2D eigenvalue weighted by molar-refractivity contribution is 0.258. The summed E-state index contributed by atoms with van der Waals surface area (Å²) in [5.74, 6) is 0. The Labute approximate surface area is 121 Å². The fourth-order valence-electron chi connectivity index (χ4n) is 2.77. The van der Waals surface area contributed by atoms with E-state index in [0.29, 0.717) is 6.04 Å². The van der Waals surface area contributed by atoms with Crippen LogP contribution in [-0.4, -0.2) is 45.2 Å². The molecule has 0 bridgehead atoms. The van der Waals surface area contributed by atoms with Gasteiger partial charge in [-0.05, 0) is 51.7 Å². The molecule has 0 radical (unpaired) electrons. The summed E-state index contributed by atoms with van der Waals surface area (Å²) in [5, 5.41) is 4.06. The van der Waals surface area contributed by atoms with Crippen LogP contribution in [0.2, 0.25) is 5.02 Å². The molecular formula is C15H24ClN3. The van der Waals surface area contributed by atoms with Crippen LogP contribution in [0.1, 0.15) is 18.4 Å². The predicted molar refractivity (Wildman–Crippen MR) is 83.1 cm³/mol. The van der Waals surface area contributed by atoms with Crippen LogP contribution in [0.25, 0.3) is 0 Å². The zero-order valence-corrected chi connectivity index (χ0v) is 12.9. The van der Waals surface area contributed by atoms with E-state index in [9.17, 15) is 0 Å². The lowest BCUT2D eigenvalue weighted by Crippen LogP contribution is -2.45. The highest BCUT2D eigenvalue weighted by Gasteiger charge is 2.23. The van der Waals surface area contributed by atoms with E-state index in [0.717, 1.165) is 24.7 Å². The van der Waals surface area contributed by atoms with Crippen molar-refractivity contribution in [2.45, 2.75) is 25.4 Å². The van der Waals surface area contributed by atoms with E-state index >= 15 is 0 Å². The average molecular weight is 282 g/mol. The molecule has 1 N–H and O–H groups in total. The Hall–Kier alpha value is -0.770. The standard InChI is InChI=1S/C15H24ClN3/c1-17-10-12-6-7-13(16)9-15(12)19-8-4-5-14(11-19)18(2)3/h6-7,9,14,17H,4-5,8,10-11H2,1-3H3. The monoisotopic (exact) mass is 281 g/mol. The minimum Gasteiger partial charge on any atom is -0.370 e. The number of likely N-dealkylation sites (N-methyl/N-ethyl adjacent to an activating group) is 1. The van der Waals surface area contributed by atoms with Gasteiger partial charge in [0.1, 0.15) is 0 Å². The van der Waals surface area contributed by atoms with Gasteiger partial charge in [-0.25, -0.2) is 0 Å². The summed E-state index contributed by atoms with van der Waals surface area (Å²) in [5.41, 5.74) is 2.61. The van der Waals surface area contributed by atoms with E-state index in [1.54, 1.807) is 0 Å². The largest absolute Gasteiger partial charge is 0.370 e. The van der Waals surface area contributed by atoms with Crippen LogP contribution in [0.3, 0.4) is 0 Å². The molecule has 0 aliphatic carbocycles. The maximum atomic E-state index is 6.18. The number of hydrogen-bond donors (Lipinski definition) is 1. The summed E-state index contributed by atoms with van der Waals surface area (Å²) < 4.78 is 0. The van der Waals surface area contributed by atoms with E-state index in [4.69, 9.17) is 11.6 Å². The zero-order valence-electron chi connectivity index (χ0n) is 12.1. The maximum absolute atomic E-state index is 6.18. The van der Waals surface area contributed by atoms with Crippen molar-refractivity contribution in [2.75, 3.05) is 39.1 Å². The zero-order chi connectivity index (χ0) is 13.8. The fraction of sp³-hybridized carbons (Fsp3) is 0.600. The Morgan fingerprint density at radius 2 is 2.21 bits per heavy atom. The van der Waals surface area contributed by atoms with Crippen LogP contribution in [0.15, 0.2) is 18.2 Å². The number of anilines is 1. The molecule has 0 aromatic heterocycles. The molecule has 0 amide bonds. The molecule has 1 unspecified atom stereocenters. The Balaban J connectivity index is 2.22. The quantitative estimate of drug-likeness (QED) is 0.915. The Morgan fingerprint density at radius 1 is 1.42 bits per heavy atom. The van der Waals surface area contributed by atoms with Crippen LogP contribution in [0, 0.1) is 0 Å². The molecule has 1 aliphatic rings. The van der Waals surface area contributed by atoms with E-state index in [-0.39, 0.29) is 0 Å². The van der Waals surface area contributed by atoms with Crippen LogP contribution in [0.4, 0.5) is 5.69 Å². The van der Waals surface area contributed by atoms with Crippen LogP contribution in [-0.2, 0) is 6.54 Å². The average Bonchev–Trinajstić information content (AvgIpc) is 2.41. The van der Waals surface area contributed by atoms with Crippen molar-refractivity contribution in [2.24, 2.45) is 0 Å². The first-order valence-corrected chi connectivity index (χ1v) is 7.34. The van der Waals surface area contributed by atoms with Gasteiger partial charge in [-0.3, -0.25) is 0 Å². The first kappa shape index (κ1) is 14.6. The molecule has 1 saturated heterocycles. The van der Waals surface area contributed by atoms with Gasteiger partial charge in [0.2, 0.25) is 0 Å². The van der Waals surface area contributed by atoms with Gasteiger partial charge in [-0.2, -0.15) is 0 Å². The van der Waals surface area contributed by atoms with Crippen molar-refractivity contribution in [3.63, 3.8) is 0 Å². The molecule has 106 valence electrons. The summed E-state index contributed by atoms with van der Waals surface area (Å²) in [7, 11) is 6.32. The SMILES string of the molecule is CNCc1ccc(Cl)cc1N1CCCC(N(C)C)C1. The number of halogens is 1. The van der Waals surface area contributed by atoms with Crippen molar-refractivity contribution in [1.29, 1.82) is 0 Å². The van der Waals surface area contributed by atoms with Gasteiger partial charge in [-0.15, -0.1) is 0 Å². The minimum absolute atomic E-state index is 0.634. The number of nitrogens with one attached hydrogen (secondary N) is 1. The van der Waals surface area contributed by atoms with Crippen molar-refractivity contribution in [3.8, 4) is 0 Å². The van der Waals surface area contributed by atoms with Gasteiger partial charge < -0.3 is 15.1 Å². The second kappa shape index (κ2) is 6.60. The number of rotatable bonds is 4. The van der Waals surface area contributed by atoms with Gasteiger partial charge in [0.05, 0.1) is 0 Å². The van der Waals surface area contributed by atoms with Crippen molar-refractivity contribution in [1.82, 2.24) is 10.2 Å². The van der Waals surface area contributed by atoms with Crippen molar-refractivity contribution < 1.29 is 0 Å². The van der Waals surface area contributed by atoms with E-state index in [2.05, 4.69) is 41.3 Å². The Morgan fingerprint density at radius 3 is 2.89 bits per heavy atom. The molecule has 1 aliphatic heterocycles. The number of benzene rings is 1. The third-order valence-corrected chi connectivity index (χ3v) is 4.12. The fourth-order valence-corrected chi connectivity index (χ4v) is 2.93. The molecule has 0 saturated carbocycles. The maximum Gasteiger partial charge on any atom is 0.0427 e. The molecule has 1 atom stereocenters. The molecule has 0 spiro atoms. The highest BCUT2D eigenvalue weighted by atomic mass is 35.5. The topological polar surface area (TPSA) is 18.5 Å². The molecule has 1 aromatic rings. The van der Waals surface area contributed by atoms with Gasteiger partial charge >= 0.3 is 0 Å². The Bertz CT molecular complexity index is 420. The molecule has 19 heavy (non-hydrogen) atoms. The third-order valence-electron chi connectivity index (χ3n) is 3.88. The summed E-state index contributed by atoms with van der Waals surface area (Å²) in [4.78, 5) is 4.81. The van der Waals surface area contributed by atoms with Gasteiger partial charge in [0.25, 0.3) is 0 Å². The normalized spacial score (nSPS) is 20.1. The molecule has 2 rings (SSSR count). The van der Waals surface area contributed by atoms with Gasteiger partial charge in [0.15, 0.2) is 0 Å². The van der Waals surface area contributed by atoms with Gasteiger partial charge in [-0.1, -0.05) is 17.7 Å². The molecule has 1 fully saturated rings. The predicted octanol–water partition coefficient (Wildman–Crippen LogP) is 2.59. The van der Waals surface area contributed by atoms with E-state index in [1.165, 1.54) is 24.1 Å². The second-order valence-electron chi connectivity index (χ2n) is 5.51. The molecular weight excluding hydrogens is 258 g/mol. The first-order valence-electron chi connectivity index (χ1n) is 6.96. The highest BCUT2D eigenvalue weighted by Crippen LogP contribution is 2.28. The smallest absolute Gasteiger partial charge is 0.0427 e. The van der Waals surface area contributed by atoms with Crippen molar-refractivity contribution >= 4 is 17.3 Å². The second-order valence-corrected chi connectivity index (χ2v) is 5.95. The molecule has 1 heterocycles. The van der Waals surface area contributed by atoms with Crippen LogP contribution in [0.5, 0.6) is 0 Å². The summed E-state index contributed by atoms with van der Waals surface area (Å²) in [6.45, 7) is 3.10. The molecule has 4 heteroatoms. The lowest BCUT2D eigenvalue weighted by Gasteiger charge is -2.38. The number of piperidine rings is 1. The summed E-state index contributed by atoms with van der Waals surface area (Å²) in [6.07, 6.45) is 2.53. The van der Waals surface area contributed by atoms with Crippen molar-refractivity contribution in [3.05, 3.63) is 28.8 Å².